The molecule has 1 N–H and O–H groups in total. The van der Waals surface area contributed by atoms with Crippen LogP contribution in [-0.4, -0.2) is 21.7 Å². The van der Waals surface area contributed by atoms with Crippen molar-refractivity contribution in [2.75, 3.05) is 11.9 Å². The summed E-state index contributed by atoms with van der Waals surface area (Å²) in [6.07, 6.45) is 1.48. The average Bonchev–Trinajstić information content (AvgIpc) is 2.88. The second-order valence-corrected chi connectivity index (χ2v) is 8.30. The van der Waals surface area contributed by atoms with Crippen LogP contribution in [0.3, 0.4) is 0 Å². The maximum Gasteiger partial charge on any atom is 0.337 e. The summed E-state index contributed by atoms with van der Waals surface area (Å²) in [6.45, 7) is 5.76. The van der Waals surface area contributed by atoms with Crippen molar-refractivity contribution in [2.24, 2.45) is 14.1 Å². The smallest absolute Gasteiger partial charge is 0.337 e. The van der Waals surface area contributed by atoms with Gasteiger partial charge in [-0.2, -0.15) is 0 Å². The second-order valence-electron chi connectivity index (χ2n) is 8.30. The van der Waals surface area contributed by atoms with Crippen molar-refractivity contribution >= 4 is 11.8 Å². The first kappa shape index (κ1) is 23.8. The number of fused-ring (bicyclic) bond motifs is 1. The normalized spacial score (nSPS) is 14.7. The molecule has 0 aliphatic carbocycles. The highest BCUT2D eigenvalue weighted by molar-refractivity contribution is 5.94. The van der Waals surface area contributed by atoms with E-state index in [9.17, 15) is 14.4 Å². The fraction of sp³-hybridized carbons (Fsp3) is 0.222. The third-order valence-corrected chi connectivity index (χ3v) is 6.00. The van der Waals surface area contributed by atoms with E-state index >= 15 is 0 Å². The number of nitrogens with one attached hydrogen (secondary N) is 1. The van der Waals surface area contributed by atoms with Crippen LogP contribution in [0, 0.1) is 0 Å². The quantitative estimate of drug-likeness (QED) is 0.419. The van der Waals surface area contributed by atoms with Crippen molar-refractivity contribution < 1.29 is 14.3 Å². The first-order chi connectivity index (χ1) is 16.8. The lowest BCUT2D eigenvalue weighted by atomic mass is 9.82. The number of ether oxygens (including phenoxy) is 2. The van der Waals surface area contributed by atoms with Gasteiger partial charge in [0, 0.05) is 19.8 Å². The van der Waals surface area contributed by atoms with E-state index in [4.69, 9.17) is 9.47 Å². The van der Waals surface area contributed by atoms with E-state index in [1.54, 1.807) is 26.1 Å². The number of rotatable bonds is 7. The van der Waals surface area contributed by atoms with Crippen LogP contribution in [0.25, 0.3) is 0 Å². The Kier molecular flexibility index (Phi) is 6.73. The van der Waals surface area contributed by atoms with Crippen LogP contribution in [0.5, 0.6) is 5.75 Å². The van der Waals surface area contributed by atoms with Gasteiger partial charge < -0.3 is 14.8 Å². The van der Waals surface area contributed by atoms with E-state index in [2.05, 4.69) is 11.9 Å². The molecule has 1 aliphatic heterocycles. The van der Waals surface area contributed by atoms with Gasteiger partial charge in [-0.3, -0.25) is 13.9 Å². The second kappa shape index (κ2) is 9.89. The number of anilines is 1. The van der Waals surface area contributed by atoms with Crippen molar-refractivity contribution in [3.63, 3.8) is 0 Å². The van der Waals surface area contributed by atoms with E-state index in [-0.39, 0.29) is 6.61 Å². The van der Waals surface area contributed by atoms with Crippen molar-refractivity contribution in [3.05, 3.63) is 116 Å². The van der Waals surface area contributed by atoms with E-state index in [1.807, 2.05) is 42.5 Å². The topological polar surface area (TPSA) is 91.6 Å². The molecule has 8 nitrogen and oxygen atoms in total. The minimum absolute atomic E-state index is 0.0345. The van der Waals surface area contributed by atoms with Crippen molar-refractivity contribution in [1.82, 2.24) is 9.13 Å². The highest BCUT2D eigenvalue weighted by atomic mass is 16.5. The molecule has 4 rings (SSSR count). The van der Waals surface area contributed by atoms with Crippen LogP contribution < -0.4 is 21.3 Å². The van der Waals surface area contributed by atoms with Crippen molar-refractivity contribution in [2.45, 2.75) is 19.4 Å². The van der Waals surface area contributed by atoms with Crippen LogP contribution in [0.1, 0.15) is 29.5 Å². The Hall–Kier alpha value is -4.33. The zero-order valence-corrected chi connectivity index (χ0v) is 19.9. The fourth-order valence-corrected chi connectivity index (χ4v) is 4.20. The molecule has 0 bridgehead atoms. The molecule has 180 valence electrons. The summed E-state index contributed by atoms with van der Waals surface area (Å²) in [5.41, 5.74) is 1.89. The van der Waals surface area contributed by atoms with Gasteiger partial charge in [0.2, 0.25) is 0 Å². The monoisotopic (exact) mass is 473 g/mol. The minimum Gasteiger partial charge on any atom is -0.489 e. The summed E-state index contributed by atoms with van der Waals surface area (Å²) in [6, 6.07) is 17.0. The Bertz CT molecular complexity index is 1420. The number of hydrogen-bond donors (Lipinski definition) is 1. The first-order valence-electron chi connectivity index (χ1n) is 11.2. The van der Waals surface area contributed by atoms with Gasteiger partial charge >= 0.3 is 11.7 Å². The molecule has 8 heteroatoms. The SMILES string of the molecule is C=CCOC(=O)C1=C(C)Nc2c(c(=O)n(C)c(=O)n2C)[C@@H]1c1ccc(OCc2ccccc2)cc1. The number of esters is 1. The summed E-state index contributed by atoms with van der Waals surface area (Å²) in [5, 5.41) is 3.07. The number of carbonyl (C=O) groups excluding carboxylic acids is 1. The zero-order chi connectivity index (χ0) is 25.1. The Morgan fingerprint density at radius 1 is 1.06 bits per heavy atom. The van der Waals surface area contributed by atoms with E-state index in [1.165, 1.54) is 17.7 Å². The maximum absolute atomic E-state index is 13.3. The Balaban J connectivity index is 1.78. The first-order valence-corrected chi connectivity index (χ1v) is 11.2. The molecular weight excluding hydrogens is 446 g/mol. The standard InChI is InChI=1S/C27H27N3O5/c1-5-15-34-26(32)21-17(2)28-24-23(25(31)30(4)27(33)29(24)3)22(21)19-11-13-20(14-12-19)35-16-18-9-7-6-8-10-18/h5-14,22,28H,1,15-16H2,2-4H3/t22-/m1/s1. The highest BCUT2D eigenvalue weighted by Crippen LogP contribution is 2.40. The number of aromatic nitrogens is 2. The van der Waals surface area contributed by atoms with Gasteiger partial charge in [0.05, 0.1) is 17.1 Å². The lowest BCUT2D eigenvalue weighted by Gasteiger charge is -2.30. The van der Waals surface area contributed by atoms with Gasteiger partial charge in [0.15, 0.2) is 0 Å². The van der Waals surface area contributed by atoms with Gasteiger partial charge in [-0.15, -0.1) is 0 Å². The molecule has 1 atom stereocenters. The van der Waals surface area contributed by atoms with Crippen LogP contribution in [-0.2, 0) is 30.2 Å². The third-order valence-electron chi connectivity index (χ3n) is 6.00. The van der Waals surface area contributed by atoms with Crippen LogP contribution in [0.4, 0.5) is 5.82 Å². The molecule has 2 aromatic carbocycles. The van der Waals surface area contributed by atoms with E-state index in [0.29, 0.717) is 40.6 Å². The lowest BCUT2D eigenvalue weighted by molar-refractivity contribution is -0.138. The lowest BCUT2D eigenvalue weighted by Crippen LogP contribution is -2.43. The fourth-order valence-electron chi connectivity index (χ4n) is 4.20. The molecule has 35 heavy (non-hydrogen) atoms. The average molecular weight is 474 g/mol. The summed E-state index contributed by atoms with van der Waals surface area (Å²) in [7, 11) is 3.00. The molecule has 1 aliphatic rings. The molecule has 2 heterocycles. The van der Waals surface area contributed by atoms with Crippen molar-refractivity contribution in [3.8, 4) is 5.75 Å². The summed E-state index contributed by atoms with van der Waals surface area (Å²) in [5.74, 6) is -0.301. The molecular formula is C27H27N3O5. The van der Waals surface area contributed by atoms with Gasteiger partial charge in [0.25, 0.3) is 5.56 Å². The molecule has 0 radical (unpaired) electrons. The predicted octanol–water partition coefficient (Wildman–Crippen LogP) is 3.22. The minimum atomic E-state index is -0.739. The van der Waals surface area contributed by atoms with Crippen LogP contribution in [0.15, 0.2) is 88.1 Å². The number of nitrogens with zero attached hydrogens (tertiary/aromatic N) is 2. The molecule has 0 saturated carbocycles. The van der Waals surface area contributed by atoms with Gasteiger partial charge in [-0.1, -0.05) is 55.1 Å². The largest absolute Gasteiger partial charge is 0.489 e. The van der Waals surface area contributed by atoms with Gasteiger partial charge in [-0.05, 0) is 30.2 Å². The molecule has 3 aromatic rings. The summed E-state index contributed by atoms with van der Waals surface area (Å²) < 4.78 is 13.6. The Morgan fingerprint density at radius 3 is 2.40 bits per heavy atom. The Labute approximate surface area is 202 Å². The molecule has 1 aromatic heterocycles. The number of benzene rings is 2. The summed E-state index contributed by atoms with van der Waals surface area (Å²) >= 11 is 0. The highest BCUT2D eigenvalue weighted by Gasteiger charge is 2.37. The molecule has 0 unspecified atom stereocenters. The van der Waals surface area contributed by atoms with Crippen molar-refractivity contribution in [1.29, 1.82) is 0 Å². The number of hydrogen-bond acceptors (Lipinski definition) is 6. The van der Waals surface area contributed by atoms with Gasteiger partial charge in [-0.25, -0.2) is 9.59 Å². The number of allylic oxidation sites excluding steroid dienone is 1. The molecule has 0 spiro atoms. The zero-order valence-electron chi connectivity index (χ0n) is 19.9. The van der Waals surface area contributed by atoms with E-state index in [0.717, 1.165) is 10.1 Å². The molecule has 0 saturated heterocycles. The molecule has 0 amide bonds. The van der Waals surface area contributed by atoms with E-state index < -0.39 is 23.1 Å². The van der Waals surface area contributed by atoms with Crippen LogP contribution in [0.2, 0.25) is 0 Å². The predicted molar refractivity (Wildman–Crippen MR) is 133 cm³/mol. The summed E-state index contributed by atoms with van der Waals surface area (Å²) in [4.78, 5) is 38.9. The molecule has 0 fully saturated rings. The van der Waals surface area contributed by atoms with Crippen LogP contribution >= 0.6 is 0 Å². The number of carbonyl (C=O) groups is 1. The Morgan fingerprint density at radius 2 is 1.74 bits per heavy atom. The maximum atomic E-state index is 13.3. The third kappa shape index (κ3) is 4.55. The van der Waals surface area contributed by atoms with Gasteiger partial charge in [0.1, 0.15) is 24.8 Å².